The monoisotopic (exact) mass is 249 g/mol. The minimum absolute atomic E-state index is 0.211. The highest BCUT2D eigenvalue weighted by atomic mass is 16.4. The van der Waals surface area contributed by atoms with E-state index < -0.39 is 12.0 Å². The largest absolute Gasteiger partial charge is 0.480 e. The molecule has 0 radical (unpaired) electrons. The third-order valence-electron chi connectivity index (χ3n) is 2.55. The van der Waals surface area contributed by atoms with Gasteiger partial charge in [-0.05, 0) is 17.9 Å². The maximum absolute atomic E-state index is 11.7. The molecule has 98 valence electrons. The lowest BCUT2D eigenvalue weighted by molar-refractivity contribution is -0.142. The van der Waals surface area contributed by atoms with Crippen molar-refractivity contribution < 1.29 is 14.7 Å². The van der Waals surface area contributed by atoms with Gasteiger partial charge in [-0.1, -0.05) is 44.2 Å². The molecule has 0 saturated carbocycles. The van der Waals surface area contributed by atoms with Crippen LogP contribution in [0.5, 0.6) is 0 Å². The minimum atomic E-state index is -0.981. The smallest absolute Gasteiger partial charge is 0.326 e. The van der Waals surface area contributed by atoms with Crippen molar-refractivity contribution in [2.45, 2.75) is 32.7 Å². The average Bonchev–Trinajstić information content (AvgIpc) is 2.28. The molecule has 0 aliphatic heterocycles. The molecule has 1 aromatic carbocycles. The zero-order valence-corrected chi connectivity index (χ0v) is 10.7. The van der Waals surface area contributed by atoms with Gasteiger partial charge >= 0.3 is 5.97 Å². The van der Waals surface area contributed by atoms with Gasteiger partial charge in [0.2, 0.25) is 5.91 Å². The molecule has 0 spiro atoms. The molecule has 1 aromatic rings. The van der Waals surface area contributed by atoms with Crippen LogP contribution in [0.25, 0.3) is 0 Å². The number of carbonyl (C=O) groups is 2. The van der Waals surface area contributed by atoms with Gasteiger partial charge in [0.05, 0.1) is 6.42 Å². The van der Waals surface area contributed by atoms with E-state index in [0.717, 1.165) is 5.56 Å². The Hall–Kier alpha value is -1.84. The van der Waals surface area contributed by atoms with E-state index >= 15 is 0 Å². The number of hydrogen-bond acceptors (Lipinski definition) is 2. The number of benzene rings is 1. The maximum atomic E-state index is 11.7. The predicted octanol–water partition coefficient (Wildman–Crippen LogP) is 1.84. The fraction of sp³-hybridized carbons (Fsp3) is 0.429. The Morgan fingerprint density at radius 3 is 2.33 bits per heavy atom. The van der Waals surface area contributed by atoms with Crippen molar-refractivity contribution >= 4 is 11.9 Å². The summed E-state index contributed by atoms with van der Waals surface area (Å²) in [6.07, 6.45) is 0.651. The first-order chi connectivity index (χ1) is 8.49. The van der Waals surface area contributed by atoms with Crippen molar-refractivity contribution in [2.24, 2.45) is 5.92 Å². The number of carbonyl (C=O) groups excluding carboxylic acids is 1. The summed E-state index contributed by atoms with van der Waals surface area (Å²) in [7, 11) is 0. The number of nitrogens with one attached hydrogen (secondary N) is 1. The van der Waals surface area contributed by atoms with E-state index in [0.29, 0.717) is 6.42 Å². The quantitative estimate of drug-likeness (QED) is 0.808. The molecule has 2 N–H and O–H groups in total. The SMILES string of the molecule is CC(C)C[C@@H](NC(=O)Cc1ccccc1)C(=O)O. The van der Waals surface area contributed by atoms with Crippen LogP contribution >= 0.6 is 0 Å². The molecule has 0 unspecified atom stereocenters. The fourth-order valence-corrected chi connectivity index (χ4v) is 1.72. The summed E-state index contributed by atoms with van der Waals surface area (Å²) in [5.74, 6) is -1.01. The van der Waals surface area contributed by atoms with E-state index in [1.807, 2.05) is 44.2 Å². The highest BCUT2D eigenvalue weighted by Gasteiger charge is 2.20. The van der Waals surface area contributed by atoms with Crippen molar-refractivity contribution in [1.82, 2.24) is 5.32 Å². The topological polar surface area (TPSA) is 66.4 Å². The Kier molecular flexibility index (Phi) is 5.36. The molecule has 0 fully saturated rings. The van der Waals surface area contributed by atoms with Gasteiger partial charge in [0.25, 0.3) is 0 Å². The second-order valence-corrected chi connectivity index (χ2v) is 4.75. The van der Waals surface area contributed by atoms with E-state index in [1.165, 1.54) is 0 Å². The van der Waals surface area contributed by atoms with Gasteiger partial charge in [0, 0.05) is 0 Å². The van der Waals surface area contributed by atoms with Crippen LogP contribution in [0.3, 0.4) is 0 Å². The van der Waals surface area contributed by atoms with E-state index in [9.17, 15) is 9.59 Å². The van der Waals surface area contributed by atoms with Crippen molar-refractivity contribution in [3.63, 3.8) is 0 Å². The summed E-state index contributed by atoms with van der Waals surface area (Å²) in [4.78, 5) is 22.7. The van der Waals surface area contributed by atoms with E-state index in [-0.39, 0.29) is 18.2 Å². The zero-order chi connectivity index (χ0) is 13.5. The number of carboxylic acids is 1. The summed E-state index contributed by atoms with van der Waals surface area (Å²) >= 11 is 0. The molecule has 0 heterocycles. The van der Waals surface area contributed by atoms with Gasteiger partial charge in [-0.2, -0.15) is 0 Å². The van der Waals surface area contributed by atoms with Crippen LogP contribution in [0.15, 0.2) is 30.3 Å². The van der Waals surface area contributed by atoms with Gasteiger partial charge in [-0.25, -0.2) is 4.79 Å². The summed E-state index contributed by atoms with van der Waals surface area (Å²) < 4.78 is 0. The molecule has 4 nitrogen and oxygen atoms in total. The molecular formula is C14H19NO3. The number of aliphatic carboxylic acids is 1. The second-order valence-electron chi connectivity index (χ2n) is 4.75. The van der Waals surface area contributed by atoms with Crippen LogP contribution in [0.2, 0.25) is 0 Å². The Balaban J connectivity index is 2.54. The lowest BCUT2D eigenvalue weighted by Gasteiger charge is -2.16. The first-order valence-electron chi connectivity index (χ1n) is 6.05. The van der Waals surface area contributed by atoms with Crippen molar-refractivity contribution in [1.29, 1.82) is 0 Å². The molecule has 0 aromatic heterocycles. The van der Waals surface area contributed by atoms with Crippen LogP contribution < -0.4 is 5.32 Å². The number of hydrogen-bond donors (Lipinski definition) is 2. The number of carboxylic acid groups (broad SMARTS) is 1. The van der Waals surface area contributed by atoms with Gasteiger partial charge in [-0.15, -0.1) is 0 Å². The molecule has 0 saturated heterocycles. The normalized spacial score (nSPS) is 12.2. The summed E-state index contributed by atoms with van der Waals surface area (Å²) in [5.41, 5.74) is 0.878. The predicted molar refractivity (Wildman–Crippen MR) is 69.2 cm³/mol. The number of amides is 1. The third kappa shape index (κ3) is 4.99. The highest BCUT2D eigenvalue weighted by Crippen LogP contribution is 2.06. The Morgan fingerprint density at radius 1 is 1.22 bits per heavy atom. The molecule has 4 heteroatoms. The molecule has 0 aliphatic carbocycles. The average molecular weight is 249 g/mol. The molecule has 0 aliphatic rings. The van der Waals surface area contributed by atoms with Crippen molar-refractivity contribution in [3.8, 4) is 0 Å². The first kappa shape index (κ1) is 14.2. The summed E-state index contributed by atoms with van der Waals surface area (Å²) in [6, 6.07) is 8.47. The van der Waals surface area contributed by atoms with Crippen molar-refractivity contribution in [2.75, 3.05) is 0 Å². The van der Waals surface area contributed by atoms with Crippen molar-refractivity contribution in [3.05, 3.63) is 35.9 Å². The molecule has 18 heavy (non-hydrogen) atoms. The van der Waals surface area contributed by atoms with Gasteiger partial charge < -0.3 is 10.4 Å². The Morgan fingerprint density at radius 2 is 1.83 bits per heavy atom. The zero-order valence-electron chi connectivity index (χ0n) is 10.7. The van der Waals surface area contributed by atoms with Crippen LogP contribution in [-0.2, 0) is 16.0 Å². The lowest BCUT2D eigenvalue weighted by atomic mass is 10.0. The van der Waals surface area contributed by atoms with Crippen LogP contribution in [0, 0.1) is 5.92 Å². The second kappa shape index (κ2) is 6.79. The summed E-state index contributed by atoms with van der Waals surface area (Å²) in [6.45, 7) is 3.86. The van der Waals surface area contributed by atoms with Crippen LogP contribution in [0.1, 0.15) is 25.8 Å². The first-order valence-corrected chi connectivity index (χ1v) is 6.05. The van der Waals surface area contributed by atoms with E-state index in [2.05, 4.69) is 5.32 Å². The van der Waals surface area contributed by atoms with Gasteiger partial charge in [0.1, 0.15) is 6.04 Å². The molecule has 0 bridgehead atoms. The van der Waals surface area contributed by atoms with Gasteiger partial charge in [0.15, 0.2) is 0 Å². The van der Waals surface area contributed by atoms with Crippen LogP contribution in [-0.4, -0.2) is 23.0 Å². The Bertz CT molecular complexity index is 401. The molecule has 1 atom stereocenters. The fourth-order valence-electron chi connectivity index (χ4n) is 1.72. The highest BCUT2D eigenvalue weighted by molar-refractivity contribution is 5.84. The summed E-state index contributed by atoms with van der Waals surface area (Å²) in [5, 5.41) is 11.6. The van der Waals surface area contributed by atoms with E-state index in [4.69, 9.17) is 5.11 Å². The molecule has 1 amide bonds. The lowest BCUT2D eigenvalue weighted by Crippen LogP contribution is -2.42. The maximum Gasteiger partial charge on any atom is 0.326 e. The van der Waals surface area contributed by atoms with Crippen LogP contribution in [0.4, 0.5) is 0 Å². The minimum Gasteiger partial charge on any atom is -0.480 e. The molecule has 1 rings (SSSR count). The number of rotatable bonds is 6. The molecular weight excluding hydrogens is 230 g/mol. The van der Waals surface area contributed by atoms with Gasteiger partial charge in [-0.3, -0.25) is 4.79 Å². The third-order valence-corrected chi connectivity index (χ3v) is 2.55. The van der Waals surface area contributed by atoms with E-state index in [1.54, 1.807) is 0 Å². The Labute approximate surface area is 107 Å². The standard InChI is InChI=1S/C14H19NO3/c1-10(2)8-12(14(17)18)15-13(16)9-11-6-4-3-5-7-11/h3-7,10,12H,8-9H2,1-2H3,(H,15,16)(H,17,18)/t12-/m1/s1.